The van der Waals surface area contributed by atoms with Gasteiger partial charge >= 0.3 is 0 Å². The number of ketones is 1. The SMILES string of the molecule is O=C1CCN=C(c2ccccc2)c2cc(Cl)ccc21. The summed E-state index contributed by atoms with van der Waals surface area (Å²) < 4.78 is 0. The van der Waals surface area contributed by atoms with Crippen molar-refractivity contribution in [3.05, 3.63) is 70.2 Å². The summed E-state index contributed by atoms with van der Waals surface area (Å²) in [4.78, 5) is 16.6. The smallest absolute Gasteiger partial charge is 0.165 e. The summed E-state index contributed by atoms with van der Waals surface area (Å²) in [5.41, 5.74) is 3.41. The second-order valence-corrected chi connectivity index (χ2v) is 4.90. The van der Waals surface area contributed by atoms with Gasteiger partial charge < -0.3 is 0 Å². The molecule has 19 heavy (non-hydrogen) atoms. The number of hydrogen-bond donors (Lipinski definition) is 0. The fourth-order valence-electron chi connectivity index (χ4n) is 2.29. The molecule has 1 aliphatic heterocycles. The molecule has 3 heteroatoms. The number of fused-ring (bicyclic) bond motifs is 1. The van der Waals surface area contributed by atoms with Crippen LogP contribution in [0.1, 0.15) is 27.9 Å². The van der Waals surface area contributed by atoms with Gasteiger partial charge in [-0.2, -0.15) is 0 Å². The van der Waals surface area contributed by atoms with Crippen molar-refractivity contribution in [2.45, 2.75) is 6.42 Å². The average molecular weight is 270 g/mol. The van der Waals surface area contributed by atoms with Crippen LogP contribution in [0.5, 0.6) is 0 Å². The Balaban J connectivity index is 2.21. The molecule has 2 aromatic carbocycles. The number of nitrogens with zero attached hydrogens (tertiary/aromatic N) is 1. The Hall–Kier alpha value is -1.93. The zero-order valence-electron chi connectivity index (χ0n) is 10.3. The quantitative estimate of drug-likeness (QED) is 0.775. The van der Waals surface area contributed by atoms with Crippen LogP contribution in [0.15, 0.2) is 53.5 Å². The van der Waals surface area contributed by atoms with Crippen molar-refractivity contribution < 1.29 is 4.79 Å². The number of aliphatic imine (C=N–C) groups is 1. The Labute approximate surface area is 116 Å². The predicted molar refractivity (Wildman–Crippen MR) is 77.3 cm³/mol. The number of benzene rings is 2. The van der Waals surface area contributed by atoms with Crippen LogP contribution in [0.3, 0.4) is 0 Å². The van der Waals surface area contributed by atoms with Gasteiger partial charge in [-0.25, -0.2) is 0 Å². The van der Waals surface area contributed by atoms with E-state index in [1.165, 1.54) is 0 Å². The summed E-state index contributed by atoms with van der Waals surface area (Å²) in [6, 6.07) is 15.3. The van der Waals surface area contributed by atoms with Gasteiger partial charge in [0.2, 0.25) is 0 Å². The minimum atomic E-state index is 0.126. The summed E-state index contributed by atoms with van der Waals surface area (Å²) in [5, 5.41) is 0.622. The van der Waals surface area contributed by atoms with Gasteiger partial charge in [0.15, 0.2) is 5.78 Å². The summed E-state index contributed by atoms with van der Waals surface area (Å²) >= 11 is 6.06. The summed E-state index contributed by atoms with van der Waals surface area (Å²) in [6.45, 7) is 0.523. The van der Waals surface area contributed by atoms with E-state index in [2.05, 4.69) is 4.99 Å². The summed E-state index contributed by atoms with van der Waals surface area (Å²) in [6.07, 6.45) is 0.449. The molecule has 0 fully saturated rings. The van der Waals surface area contributed by atoms with E-state index in [9.17, 15) is 4.79 Å². The van der Waals surface area contributed by atoms with Crippen molar-refractivity contribution in [3.8, 4) is 0 Å². The van der Waals surface area contributed by atoms with E-state index in [1.54, 1.807) is 12.1 Å². The van der Waals surface area contributed by atoms with Crippen molar-refractivity contribution in [1.29, 1.82) is 0 Å². The molecule has 0 bridgehead atoms. The molecule has 94 valence electrons. The highest BCUT2D eigenvalue weighted by Gasteiger charge is 2.19. The van der Waals surface area contributed by atoms with Crippen molar-refractivity contribution in [3.63, 3.8) is 0 Å². The van der Waals surface area contributed by atoms with Crippen LogP contribution >= 0.6 is 11.6 Å². The molecule has 0 radical (unpaired) electrons. The molecule has 0 aromatic heterocycles. The van der Waals surface area contributed by atoms with E-state index in [0.717, 1.165) is 16.8 Å². The molecular formula is C16H12ClNO. The van der Waals surface area contributed by atoms with Crippen LogP contribution in [0, 0.1) is 0 Å². The van der Waals surface area contributed by atoms with Gasteiger partial charge in [0.1, 0.15) is 0 Å². The van der Waals surface area contributed by atoms with Crippen LogP contribution < -0.4 is 0 Å². The first kappa shape index (κ1) is 12.1. The molecule has 1 aliphatic rings. The third kappa shape index (κ3) is 2.32. The molecule has 0 saturated heterocycles. The third-order valence-electron chi connectivity index (χ3n) is 3.19. The van der Waals surface area contributed by atoms with Crippen LogP contribution in [-0.2, 0) is 0 Å². The third-order valence-corrected chi connectivity index (χ3v) is 3.43. The Bertz CT molecular complexity index is 662. The molecule has 3 rings (SSSR count). The number of carbonyl (C=O) groups excluding carboxylic acids is 1. The lowest BCUT2D eigenvalue weighted by Crippen LogP contribution is -2.08. The molecule has 2 aromatic rings. The first-order chi connectivity index (χ1) is 9.25. The minimum absolute atomic E-state index is 0.126. The van der Waals surface area contributed by atoms with Gasteiger partial charge in [-0.15, -0.1) is 0 Å². The Kier molecular flexibility index (Phi) is 3.18. The Morgan fingerprint density at radius 3 is 2.58 bits per heavy atom. The molecule has 0 unspecified atom stereocenters. The highest BCUT2D eigenvalue weighted by molar-refractivity contribution is 6.32. The Morgan fingerprint density at radius 1 is 1.00 bits per heavy atom. The first-order valence-corrected chi connectivity index (χ1v) is 6.56. The molecule has 2 nitrogen and oxygen atoms in total. The zero-order valence-corrected chi connectivity index (χ0v) is 11.0. The van der Waals surface area contributed by atoms with E-state index in [1.807, 2.05) is 36.4 Å². The molecular weight excluding hydrogens is 258 g/mol. The van der Waals surface area contributed by atoms with Crippen molar-refractivity contribution in [2.75, 3.05) is 6.54 Å². The van der Waals surface area contributed by atoms with E-state index in [0.29, 0.717) is 23.6 Å². The van der Waals surface area contributed by atoms with Crippen LogP contribution in [0.4, 0.5) is 0 Å². The largest absolute Gasteiger partial charge is 0.294 e. The fourth-order valence-corrected chi connectivity index (χ4v) is 2.46. The number of hydrogen-bond acceptors (Lipinski definition) is 2. The van der Waals surface area contributed by atoms with Crippen LogP contribution in [0.25, 0.3) is 0 Å². The topological polar surface area (TPSA) is 29.4 Å². The predicted octanol–water partition coefficient (Wildman–Crippen LogP) is 3.76. The van der Waals surface area contributed by atoms with E-state index >= 15 is 0 Å². The maximum Gasteiger partial charge on any atom is 0.165 e. The van der Waals surface area contributed by atoms with E-state index in [-0.39, 0.29) is 5.78 Å². The van der Waals surface area contributed by atoms with Crippen LogP contribution in [0.2, 0.25) is 5.02 Å². The van der Waals surface area contributed by atoms with Crippen LogP contribution in [-0.4, -0.2) is 18.0 Å². The molecule has 0 N–H and O–H groups in total. The standard InChI is InChI=1S/C16H12ClNO/c17-12-6-7-13-14(10-12)16(18-9-8-15(13)19)11-4-2-1-3-5-11/h1-7,10H,8-9H2. The fraction of sp³-hybridized carbons (Fsp3) is 0.125. The number of carbonyl (C=O) groups is 1. The average Bonchev–Trinajstić information content (AvgIpc) is 2.59. The van der Waals surface area contributed by atoms with Crippen molar-refractivity contribution in [1.82, 2.24) is 0 Å². The summed E-state index contributed by atoms with van der Waals surface area (Å²) in [5.74, 6) is 0.126. The van der Waals surface area contributed by atoms with Gasteiger partial charge in [0, 0.05) is 34.7 Å². The molecule has 0 amide bonds. The highest BCUT2D eigenvalue weighted by Crippen LogP contribution is 2.23. The molecule has 0 atom stereocenters. The van der Waals surface area contributed by atoms with Gasteiger partial charge in [-0.1, -0.05) is 41.9 Å². The Morgan fingerprint density at radius 2 is 1.79 bits per heavy atom. The molecule has 1 heterocycles. The molecule has 0 saturated carbocycles. The second kappa shape index (κ2) is 4.98. The maximum absolute atomic E-state index is 12.1. The molecule has 0 aliphatic carbocycles. The maximum atomic E-state index is 12.1. The van der Waals surface area contributed by atoms with Gasteiger partial charge in [0.05, 0.1) is 5.71 Å². The number of Topliss-reactive ketones (excluding diaryl/α,β-unsaturated/α-hetero) is 1. The van der Waals surface area contributed by atoms with Gasteiger partial charge in [0.25, 0.3) is 0 Å². The lowest BCUT2D eigenvalue weighted by molar-refractivity contribution is 0.0986. The summed E-state index contributed by atoms with van der Waals surface area (Å²) in [7, 11) is 0. The van der Waals surface area contributed by atoms with E-state index < -0.39 is 0 Å². The first-order valence-electron chi connectivity index (χ1n) is 6.19. The lowest BCUT2D eigenvalue weighted by atomic mass is 9.95. The highest BCUT2D eigenvalue weighted by atomic mass is 35.5. The van der Waals surface area contributed by atoms with Gasteiger partial charge in [-0.05, 0) is 18.2 Å². The van der Waals surface area contributed by atoms with Crippen molar-refractivity contribution in [2.24, 2.45) is 4.99 Å². The van der Waals surface area contributed by atoms with Crippen molar-refractivity contribution >= 4 is 23.1 Å². The normalized spacial score (nSPS) is 14.6. The monoisotopic (exact) mass is 269 g/mol. The second-order valence-electron chi connectivity index (χ2n) is 4.46. The minimum Gasteiger partial charge on any atom is -0.294 e. The molecule has 0 spiro atoms. The lowest BCUT2D eigenvalue weighted by Gasteiger charge is -2.09. The van der Waals surface area contributed by atoms with Gasteiger partial charge in [-0.3, -0.25) is 9.79 Å². The number of halogens is 1. The van der Waals surface area contributed by atoms with E-state index in [4.69, 9.17) is 11.6 Å². The number of rotatable bonds is 1. The zero-order chi connectivity index (χ0) is 13.2.